The third-order valence-corrected chi connectivity index (χ3v) is 11.7. The summed E-state index contributed by atoms with van der Waals surface area (Å²) in [6.45, 7) is 14.7. The highest BCUT2D eigenvalue weighted by molar-refractivity contribution is 7.89. The van der Waals surface area contributed by atoms with Crippen molar-refractivity contribution < 1.29 is 17.9 Å². The molecule has 0 unspecified atom stereocenters. The van der Waals surface area contributed by atoms with Crippen LogP contribution in [0.3, 0.4) is 0 Å². The molecule has 2 saturated heterocycles. The van der Waals surface area contributed by atoms with E-state index in [2.05, 4.69) is 29.0 Å². The number of ether oxygens (including phenoxy) is 1. The lowest BCUT2D eigenvalue weighted by atomic mass is 9.87. The highest BCUT2D eigenvalue weighted by atomic mass is 32.2. The predicted octanol–water partition coefficient (Wildman–Crippen LogP) is 4.19. The molecular weight excluding hydrogens is 524 g/mol. The quantitative estimate of drug-likeness (QED) is 0.450. The molecule has 1 saturated carbocycles. The van der Waals surface area contributed by atoms with Crippen LogP contribution in [0.25, 0.3) is 0 Å². The number of nitrogens with zero attached hydrogens (tertiary/aromatic N) is 3. The number of carbonyl (C=O) groups is 1. The maximum absolute atomic E-state index is 13.2. The molecule has 226 valence electrons. The highest BCUT2D eigenvalue weighted by Gasteiger charge is 2.33. The van der Waals surface area contributed by atoms with Crippen molar-refractivity contribution in [1.29, 1.82) is 0 Å². The van der Waals surface area contributed by atoms with Gasteiger partial charge < -0.3 is 19.9 Å². The van der Waals surface area contributed by atoms with Crippen LogP contribution < -0.4 is 10.1 Å². The molecule has 3 aliphatic rings. The molecule has 0 spiro atoms. The first kappa shape index (κ1) is 31.3. The minimum absolute atomic E-state index is 0.0698. The van der Waals surface area contributed by atoms with Gasteiger partial charge in [0.2, 0.25) is 15.9 Å². The van der Waals surface area contributed by atoms with Crippen molar-refractivity contribution in [3.8, 4) is 5.75 Å². The number of likely N-dealkylation sites (tertiary alicyclic amines) is 2. The largest absolute Gasteiger partial charge is 0.497 e. The summed E-state index contributed by atoms with van der Waals surface area (Å²) in [4.78, 5) is 18.4. The average Bonchev–Trinajstić information content (AvgIpc) is 3.25. The van der Waals surface area contributed by atoms with E-state index in [0.717, 1.165) is 31.6 Å². The molecule has 40 heavy (non-hydrogen) atoms. The van der Waals surface area contributed by atoms with E-state index >= 15 is 0 Å². The Morgan fingerprint density at radius 2 is 1.68 bits per heavy atom. The van der Waals surface area contributed by atoms with E-state index in [4.69, 9.17) is 4.74 Å². The molecule has 9 heteroatoms. The number of carbonyl (C=O) groups excluding carboxylic acids is 1. The molecule has 0 radical (unpaired) electrons. The van der Waals surface area contributed by atoms with Crippen molar-refractivity contribution in [2.45, 2.75) is 96.0 Å². The number of hydrogen-bond acceptors (Lipinski definition) is 6. The van der Waals surface area contributed by atoms with Crippen molar-refractivity contribution in [2.75, 3.05) is 53.4 Å². The molecular formula is C31H52N4O4S. The molecule has 1 aromatic carbocycles. The molecule has 3 fully saturated rings. The predicted molar refractivity (Wildman–Crippen MR) is 160 cm³/mol. The van der Waals surface area contributed by atoms with Crippen LogP contribution in [-0.2, 0) is 14.8 Å². The monoisotopic (exact) mass is 576 g/mol. The van der Waals surface area contributed by atoms with Crippen LogP contribution in [0.5, 0.6) is 5.75 Å². The minimum atomic E-state index is -3.70. The second kappa shape index (κ2) is 13.1. The summed E-state index contributed by atoms with van der Waals surface area (Å²) in [6.07, 6.45) is 8.34. The van der Waals surface area contributed by atoms with Gasteiger partial charge in [0.05, 0.1) is 12.0 Å². The van der Waals surface area contributed by atoms with Gasteiger partial charge in [-0.25, -0.2) is 12.7 Å². The van der Waals surface area contributed by atoms with E-state index in [9.17, 15) is 13.2 Å². The van der Waals surface area contributed by atoms with Crippen molar-refractivity contribution in [3.05, 3.63) is 23.3 Å². The Bertz CT molecular complexity index is 1100. The molecule has 1 N–H and O–H groups in total. The van der Waals surface area contributed by atoms with Crippen LogP contribution >= 0.6 is 0 Å². The fraction of sp³-hybridized carbons (Fsp3) is 0.774. The molecule has 4 rings (SSSR count). The molecule has 0 aromatic heterocycles. The molecule has 8 nitrogen and oxygen atoms in total. The standard InChI is InChI=1S/C31H52N4O4S/c1-23-19-28(39-6)20-24(2)30(23)40(37,38)33(5)15-13-29(36)32-26-7-9-27(10-8-26)35-16-11-25(12-17-35)21-34-18-14-31(3,4)22-34/h19-20,25-27H,7-18,21-22H2,1-6H3,(H,32,36)/t26-,27+. The Kier molecular flexibility index (Phi) is 10.2. The number of methoxy groups -OCH3 is 1. The number of rotatable bonds is 10. The van der Waals surface area contributed by atoms with Crippen molar-refractivity contribution >= 4 is 15.9 Å². The Labute approximate surface area is 242 Å². The summed E-state index contributed by atoms with van der Waals surface area (Å²) in [5, 5.41) is 3.18. The van der Waals surface area contributed by atoms with Crippen LogP contribution in [0.1, 0.15) is 76.3 Å². The Morgan fingerprint density at radius 3 is 2.23 bits per heavy atom. The van der Waals surface area contributed by atoms with Gasteiger partial charge in [0.25, 0.3) is 0 Å². The number of piperidine rings is 1. The lowest BCUT2D eigenvalue weighted by Crippen LogP contribution is -2.47. The summed E-state index contributed by atoms with van der Waals surface area (Å²) in [7, 11) is -0.584. The molecule has 1 amide bonds. The van der Waals surface area contributed by atoms with E-state index in [0.29, 0.717) is 33.2 Å². The Balaban J connectivity index is 1.16. The van der Waals surface area contributed by atoms with Gasteiger partial charge >= 0.3 is 0 Å². The van der Waals surface area contributed by atoms with Crippen LogP contribution in [0.4, 0.5) is 0 Å². The van der Waals surface area contributed by atoms with E-state index in [1.807, 2.05) is 0 Å². The van der Waals surface area contributed by atoms with Crippen LogP contribution in [0.15, 0.2) is 17.0 Å². The van der Waals surface area contributed by atoms with Gasteiger partial charge in [0.1, 0.15) is 5.75 Å². The molecule has 1 aromatic rings. The zero-order valence-corrected chi connectivity index (χ0v) is 26.5. The smallest absolute Gasteiger partial charge is 0.243 e. The lowest BCUT2D eigenvalue weighted by Gasteiger charge is -2.41. The molecule has 1 aliphatic carbocycles. The number of nitrogens with one attached hydrogen (secondary N) is 1. The summed E-state index contributed by atoms with van der Waals surface area (Å²) in [6, 6.07) is 4.28. The van der Waals surface area contributed by atoms with E-state index in [1.54, 1.807) is 40.1 Å². The number of sulfonamides is 1. The van der Waals surface area contributed by atoms with Gasteiger partial charge in [0.15, 0.2) is 0 Å². The van der Waals surface area contributed by atoms with Crippen molar-refractivity contribution in [3.63, 3.8) is 0 Å². The lowest BCUT2D eigenvalue weighted by molar-refractivity contribution is -0.122. The fourth-order valence-electron chi connectivity index (χ4n) is 7.10. The summed E-state index contributed by atoms with van der Waals surface area (Å²) in [5.74, 6) is 1.40. The molecule has 2 heterocycles. The number of amides is 1. The Hall–Kier alpha value is -1.68. The first-order valence-electron chi connectivity index (χ1n) is 15.3. The van der Waals surface area contributed by atoms with E-state index in [1.165, 1.54) is 56.3 Å². The van der Waals surface area contributed by atoms with E-state index in [-0.39, 0.29) is 24.9 Å². The molecule has 2 aliphatic heterocycles. The van der Waals surface area contributed by atoms with Crippen LogP contribution in [0.2, 0.25) is 0 Å². The van der Waals surface area contributed by atoms with Gasteiger partial charge in [-0.15, -0.1) is 0 Å². The second-order valence-electron chi connectivity index (χ2n) is 13.4. The first-order chi connectivity index (χ1) is 18.9. The number of aryl methyl sites for hydroxylation is 2. The topological polar surface area (TPSA) is 82.2 Å². The summed E-state index contributed by atoms with van der Waals surface area (Å²) >= 11 is 0. The molecule has 0 atom stereocenters. The van der Waals surface area contributed by atoms with Crippen molar-refractivity contribution in [2.24, 2.45) is 11.3 Å². The first-order valence-corrected chi connectivity index (χ1v) is 16.7. The minimum Gasteiger partial charge on any atom is -0.497 e. The van der Waals surface area contributed by atoms with Crippen LogP contribution in [-0.4, -0.2) is 93.9 Å². The van der Waals surface area contributed by atoms with Crippen LogP contribution in [0, 0.1) is 25.2 Å². The third-order valence-electron chi connectivity index (χ3n) is 9.49. The zero-order valence-electron chi connectivity index (χ0n) is 25.7. The Morgan fingerprint density at radius 1 is 1.05 bits per heavy atom. The number of hydrogen-bond donors (Lipinski definition) is 1. The fourth-order valence-corrected chi connectivity index (χ4v) is 8.68. The van der Waals surface area contributed by atoms with Gasteiger partial charge in [-0.05, 0) is 113 Å². The highest BCUT2D eigenvalue weighted by Crippen LogP contribution is 2.32. The average molecular weight is 577 g/mol. The maximum Gasteiger partial charge on any atom is 0.243 e. The molecule has 0 bridgehead atoms. The normalized spacial score (nSPS) is 24.9. The zero-order chi connectivity index (χ0) is 29.1. The third kappa shape index (κ3) is 7.78. The van der Waals surface area contributed by atoms with E-state index < -0.39 is 10.0 Å². The maximum atomic E-state index is 13.2. The number of benzene rings is 1. The van der Waals surface area contributed by atoms with Gasteiger partial charge in [-0.2, -0.15) is 0 Å². The van der Waals surface area contributed by atoms with Gasteiger partial charge in [0, 0.05) is 45.2 Å². The van der Waals surface area contributed by atoms with Gasteiger partial charge in [-0.1, -0.05) is 13.8 Å². The SMILES string of the molecule is COc1cc(C)c(S(=O)(=O)N(C)CCC(=O)N[C@H]2CC[C@@H](N3CCC(CN4CCC(C)(C)C4)CC3)CC2)c(C)c1. The van der Waals surface area contributed by atoms with Crippen molar-refractivity contribution in [1.82, 2.24) is 19.4 Å². The second-order valence-corrected chi connectivity index (χ2v) is 15.4. The summed E-state index contributed by atoms with van der Waals surface area (Å²) < 4.78 is 33.0. The van der Waals surface area contributed by atoms with Gasteiger partial charge in [-0.3, -0.25) is 4.79 Å². The summed E-state index contributed by atoms with van der Waals surface area (Å²) in [5.41, 5.74) is 1.77.